The maximum Gasteiger partial charge on any atom is 0.319 e. The number of alkyl halides is 3. The van der Waals surface area contributed by atoms with Crippen LogP contribution in [0.2, 0.25) is 0 Å². The predicted molar refractivity (Wildman–Crippen MR) is 86.8 cm³/mol. The van der Waals surface area contributed by atoms with E-state index in [2.05, 4.69) is 10.6 Å². The van der Waals surface area contributed by atoms with Crippen molar-refractivity contribution in [3.8, 4) is 0 Å². The summed E-state index contributed by atoms with van der Waals surface area (Å²) in [6.07, 6.45) is 0. The number of amides is 2. The number of allylic oxidation sites excluding steroid dienone is 1. The summed E-state index contributed by atoms with van der Waals surface area (Å²) >= 11 is 17.5. The van der Waals surface area contributed by atoms with Gasteiger partial charge in [0.25, 0.3) is 0 Å². The molecule has 0 saturated heterocycles. The first-order valence-corrected chi connectivity index (χ1v) is 8.82. The Morgan fingerprint density at radius 3 is 2.14 bits per heavy atom. The Bertz CT molecular complexity index is 737. The summed E-state index contributed by atoms with van der Waals surface area (Å²) in [7, 11) is -3.93. The Hall–Kier alpha value is -0.950. The second-order valence-electron chi connectivity index (χ2n) is 4.88. The number of hydrogen-bond donors (Lipinski definition) is 2. The van der Waals surface area contributed by atoms with Crippen molar-refractivity contribution >= 4 is 50.7 Å². The predicted octanol–water partition coefficient (Wildman–Crippen LogP) is 3.05. The Morgan fingerprint density at radius 1 is 1.09 bits per heavy atom. The SMILES string of the molecule is CC1=C(S(=O)(=O)c2ccc(C)cc2)C(C(Cl)(Cl)Cl)NC(=O)N1. The normalized spacial score (nSPS) is 19.7. The maximum absolute atomic E-state index is 12.8. The second-order valence-corrected chi connectivity index (χ2v) is 9.17. The molecule has 0 spiro atoms. The van der Waals surface area contributed by atoms with Gasteiger partial charge in [0.1, 0.15) is 6.04 Å². The van der Waals surface area contributed by atoms with Gasteiger partial charge in [-0.2, -0.15) is 0 Å². The van der Waals surface area contributed by atoms with Crippen LogP contribution in [0.1, 0.15) is 12.5 Å². The zero-order chi connectivity index (χ0) is 16.7. The highest BCUT2D eigenvalue weighted by Gasteiger charge is 2.45. The Balaban J connectivity index is 2.62. The highest BCUT2D eigenvalue weighted by Crippen LogP contribution is 2.39. The van der Waals surface area contributed by atoms with Crippen LogP contribution in [0.5, 0.6) is 0 Å². The van der Waals surface area contributed by atoms with Crippen molar-refractivity contribution < 1.29 is 13.2 Å². The Morgan fingerprint density at radius 2 is 1.64 bits per heavy atom. The van der Waals surface area contributed by atoms with Crippen LogP contribution in [0.15, 0.2) is 39.8 Å². The molecule has 1 heterocycles. The van der Waals surface area contributed by atoms with Gasteiger partial charge < -0.3 is 10.6 Å². The molecule has 0 bridgehead atoms. The van der Waals surface area contributed by atoms with Crippen molar-refractivity contribution in [3.63, 3.8) is 0 Å². The first-order chi connectivity index (χ1) is 10.0. The molecule has 0 radical (unpaired) electrons. The summed E-state index contributed by atoms with van der Waals surface area (Å²) in [4.78, 5) is 11.4. The Kier molecular flexibility index (Phi) is 4.69. The third-order valence-corrected chi connectivity index (χ3v) is 5.82. The maximum atomic E-state index is 12.8. The second kappa shape index (κ2) is 5.92. The number of aryl methyl sites for hydroxylation is 1. The van der Waals surface area contributed by atoms with Crippen LogP contribution in [0.4, 0.5) is 4.79 Å². The molecule has 2 rings (SSSR count). The minimum Gasteiger partial charge on any atom is -0.326 e. The molecule has 1 aliphatic rings. The molecule has 1 aromatic rings. The average Bonchev–Trinajstić information content (AvgIpc) is 2.36. The number of urea groups is 1. The van der Waals surface area contributed by atoms with E-state index in [1.807, 2.05) is 6.92 Å². The summed E-state index contributed by atoms with van der Waals surface area (Å²) in [5.41, 5.74) is 1.04. The summed E-state index contributed by atoms with van der Waals surface area (Å²) < 4.78 is 23.7. The van der Waals surface area contributed by atoms with Gasteiger partial charge in [-0.3, -0.25) is 0 Å². The molecule has 120 valence electrons. The van der Waals surface area contributed by atoms with Crippen LogP contribution in [-0.4, -0.2) is 24.3 Å². The minimum atomic E-state index is -3.93. The van der Waals surface area contributed by atoms with Crippen LogP contribution in [-0.2, 0) is 9.84 Å². The van der Waals surface area contributed by atoms with Gasteiger partial charge in [-0.05, 0) is 26.0 Å². The van der Waals surface area contributed by atoms with Crippen molar-refractivity contribution in [1.29, 1.82) is 0 Å². The van der Waals surface area contributed by atoms with Crippen molar-refractivity contribution in [2.24, 2.45) is 0 Å². The fourth-order valence-electron chi connectivity index (χ4n) is 2.11. The van der Waals surface area contributed by atoms with Gasteiger partial charge in [-0.15, -0.1) is 0 Å². The molecule has 0 aromatic heterocycles. The lowest BCUT2D eigenvalue weighted by atomic mass is 10.2. The van der Waals surface area contributed by atoms with Crippen molar-refractivity contribution in [2.75, 3.05) is 0 Å². The lowest BCUT2D eigenvalue weighted by Gasteiger charge is -2.32. The van der Waals surface area contributed by atoms with Gasteiger partial charge in [0.2, 0.25) is 13.6 Å². The molecule has 1 atom stereocenters. The van der Waals surface area contributed by atoms with E-state index in [1.165, 1.54) is 19.1 Å². The molecule has 1 aliphatic heterocycles. The topological polar surface area (TPSA) is 75.3 Å². The standard InChI is InChI=1S/C13H13Cl3N2O3S/c1-7-3-5-9(6-4-7)22(20,21)10-8(2)17-12(19)18-11(10)13(14,15)16/h3-6,11H,1-2H3,(H2,17,18,19). The molecule has 2 N–H and O–H groups in total. The largest absolute Gasteiger partial charge is 0.326 e. The number of hydrogen-bond acceptors (Lipinski definition) is 3. The lowest BCUT2D eigenvalue weighted by molar-refractivity contribution is 0.239. The zero-order valence-electron chi connectivity index (χ0n) is 11.7. The number of sulfone groups is 1. The molecular formula is C13H13Cl3N2O3S. The van der Waals surface area contributed by atoms with E-state index < -0.39 is 25.7 Å². The summed E-state index contributed by atoms with van der Waals surface area (Å²) in [6.45, 7) is 3.29. The summed E-state index contributed by atoms with van der Waals surface area (Å²) in [5.74, 6) is 0. The van der Waals surface area contributed by atoms with Crippen LogP contribution in [0.3, 0.4) is 0 Å². The van der Waals surface area contributed by atoms with E-state index in [0.717, 1.165) is 5.56 Å². The highest BCUT2D eigenvalue weighted by atomic mass is 35.6. The number of carbonyl (C=O) groups excluding carboxylic acids is 1. The molecule has 1 unspecified atom stereocenters. The fraction of sp³-hybridized carbons (Fsp3) is 0.308. The third kappa shape index (κ3) is 3.35. The number of halogens is 3. The van der Waals surface area contributed by atoms with Gasteiger partial charge in [0, 0.05) is 5.70 Å². The molecule has 22 heavy (non-hydrogen) atoms. The molecular weight excluding hydrogens is 371 g/mol. The van der Waals surface area contributed by atoms with E-state index in [-0.39, 0.29) is 15.5 Å². The van der Waals surface area contributed by atoms with E-state index in [1.54, 1.807) is 12.1 Å². The molecule has 0 saturated carbocycles. The molecule has 9 heteroatoms. The van der Waals surface area contributed by atoms with Crippen molar-refractivity contribution in [3.05, 3.63) is 40.4 Å². The number of nitrogens with one attached hydrogen (secondary N) is 2. The fourth-order valence-corrected chi connectivity index (χ4v) is 4.55. The number of carbonyl (C=O) groups is 1. The summed E-state index contributed by atoms with van der Waals surface area (Å²) in [6, 6.07) is 4.37. The van der Waals surface area contributed by atoms with Gasteiger partial charge in [0.05, 0.1) is 9.80 Å². The van der Waals surface area contributed by atoms with Gasteiger partial charge >= 0.3 is 6.03 Å². The first kappa shape index (κ1) is 17.4. The van der Waals surface area contributed by atoms with E-state index >= 15 is 0 Å². The van der Waals surface area contributed by atoms with Crippen LogP contribution >= 0.6 is 34.8 Å². The molecule has 5 nitrogen and oxygen atoms in total. The smallest absolute Gasteiger partial charge is 0.319 e. The van der Waals surface area contributed by atoms with Crippen LogP contribution < -0.4 is 10.6 Å². The van der Waals surface area contributed by atoms with E-state index in [0.29, 0.717) is 0 Å². The monoisotopic (exact) mass is 382 g/mol. The quantitative estimate of drug-likeness (QED) is 0.771. The lowest BCUT2D eigenvalue weighted by Crippen LogP contribution is -2.54. The van der Waals surface area contributed by atoms with Crippen molar-refractivity contribution in [2.45, 2.75) is 28.6 Å². The van der Waals surface area contributed by atoms with Crippen LogP contribution in [0, 0.1) is 6.92 Å². The highest BCUT2D eigenvalue weighted by molar-refractivity contribution is 7.95. The Labute approximate surface area is 143 Å². The zero-order valence-corrected chi connectivity index (χ0v) is 14.7. The van der Waals surface area contributed by atoms with Crippen LogP contribution in [0.25, 0.3) is 0 Å². The third-order valence-electron chi connectivity index (χ3n) is 3.16. The van der Waals surface area contributed by atoms with Gasteiger partial charge in [-0.1, -0.05) is 52.5 Å². The van der Waals surface area contributed by atoms with E-state index in [9.17, 15) is 13.2 Å². The molecule has 1 aromatic carbocycles. The van der Waals surface area contributed by atoms with E-state index in [4.69, 9.17) is 34.8 Å². The average molecular weight is 384 g/mol. The first-order valence-electron chi connectivity index (χ1n) is 6.20. The number of rotatable bonds is 2. The van der Waals surface area contributed by atoms with Gasteiger partial charge in [0.15, 0.2) is 0 Å². The molecule has 0 aliphatic carbocycles. The van der Waals surface area contributed by atoms with Gasteiger partial charge in [-0.25, -0.2) is 13.2 Å². The molecule has 2 amide bonds. The minimum absolute atomic E-state index is 0.0599. The number of benzene rings is 1. The summed E-state index contributed by atoms with van der Waals surface area (Å²) in [5, 5.41) is 4.73. The molecule has 0 fully saturated rings. The van der Waals surface area contributed by atoms with Crippen molar-refractivity contribution in [1.82, 2.24) is 10.6 Å².